The molecule has 0 radical (unpaired) electrons. The summed E-state index contributed by atoms with van der Waals surface area (Å²) in [5.41, 5.74) is 1.07. The van der Waals surface area contributed by atoms with Crippen molar-refractivity contribution in [1.82, 2.24) is 0 Å². The second-order valence-electron chi connectivity index (χ2n) is 4.54. The van der Waals surface area contributed by atoms with Crippen LogP contribution in [0.5, 0.6) is 5.75 Å². The molecule has 0 bridgehead atoms. The van der Waals surface area contributed by atoms with Crippen LogP contribution < -0.4 is 4.74 Å². The van der Waals surface area contributed by atoms with E-state index in [9.17, 15) is 4.21 Å². The number of ether oxygens (including phenoxy) is 1. The van der Waals surface area contributed by atoms with Crippen LogP contribution in [0, 0.1) is 0 Å². The van der Waals surface area contributed by atoms with E-state index in [1.54, 1.807) is 0 Å². The normalized spacial score (nSPS) is 13.8. The molecule has 0 aliphatic carbocycles. The molecule has 0 saturated heterocycles. The first kappa shape index (κ1) is 13.8. The van der Waals surface area contributed by atoms with E-state index in [0.717, 1.165) is 16.2 Å². The predicted molar refractivity (Wildman–Crippen MR) is 80.0 cm³/mol. The third kappa shape index (κ3) is 3.67. The summed E-state index contributed by atoms with van der Waals surface area (Å²) in [5, 5.41) is 0. The van der Waals surface area contributed by atoms with Gasteiger partial charge in [0.05, 0.1) is 6.61 Å². The van der Waals surface area contributed by atoms with Crippen molar-refractivity contribution in [2.45, 2.75) is 17.6 Å². The van der Waals surface area contributed by atoms with Crippen molar-refractivity contribution in [3.8, 4) is 5.75 Å². The minimum absolute atomic E-state index is 0.559. The zero-order valence-corrected chi connectivity index (χ0v) is 12.2. The molecule has 3 heteroatoms. The maximum absolute atomic E-state index is 12.7. The highest BCUT2D eigenvalue weighted by atomic mass is 32.2. The first-order valence-corrected chi connectivity index (χ1v) is 8.49. The average molecular weight is 275 g/mol. The largest absolute Gasteiger partial charge is 0.494 e. The van der Waals surface area contributed by atoms with Crippen molar-refractivity contribution >= 4 is 9.93 Å². The quantitative estimate of drug-likeness (QED) is 0.776. The second kappa shape index (κ2) is 6.02. The minimum atomic E-state index is -2.03. The van der Waals surface area contributed by atoms with Gasteiger partial charge in [0, 0.05) is 5.56 Å². The van der Waals surface area contributed by atoms with E-state index < -0.39 is 9.93 Å². The van der Waals surface area contributed by atoms with Crippen LogP contribution in [0.25, 0.3) is 0 Å². The molecule has 0 aromatic heterocycles. The molecule has 1 unspecified atom stereocenters. The Morgan fingerprint density at radius 2 is 1.63 bits per heavy atom. The SMILES string of the molecule is CCOc1ccc(C[S+](C)(=O)c2ccccc2)cc1. The van der Waals surface area contributed by atoms with Crippen LogP contribution in [0.1, 0.15) is 12.5 Å². The molecule has 0 fully saturated rings. The third-order valence-corrected chi connectivity index (χ3v) is 5.07. The first-order valence-electron chi connectivity index (χ1n) is 6.35. The van der Waals surface area contributed by atoms with Gasteiger partial charge in [-0.1, -0.05) is 34.5 Å². The lowest BCUT2D eigenvalue weighted by molar-refractivity contribution is 0.340. The molecule has 0 saturated carbocycles. The van der Waals surface area contributed by atoms with Gasteiger partial charge < -0.3 is 4.74 Å². The van der Waals surface area contributed by atoms with Crippen molar-refractivity contribution in [1.29, 1.82) is 0 Å². The Morgan fingerprint density at radius 1 is 1.00 bits per heavy atom. The molecule has 2 nitrogen and oxygen atoms in total. The van der Waals surface area contributed by atoms with Gasteiger partial charge in [-0.25, -0.2) is 0 Å². The van der Waals surface area contributed by atoms with Crippen molar-refractivity contribution in [3.05, 3.63) is 60.2 Å². The molecular formula is C16H19O2S+. The summed E-state index contributed by atoms with van der Waals surface area (Å²) in [6.45, 7) is 2.62. The van der Waals surface area contributed by atoms with E-state index >= 15 is 0 Å². The monoisotopic (exact) mass is 275 g/mol. The maximum Gasteiger partial charge on any atom is 0.158 e. The summed E-state index contributed by atoms with van der Waals surface area (Å²) in [6, 6.07) is 17.5. The summed E-state index contributed by atoms with van der Waals surface area (Å²) >= 11 is 0. The Hall–Kier alpha value is -1.61. The van der Waals surface area contributed by atoms with Crippen LogP contribution >= 0.6 is 0 Å². The molecule has 0 N–H and O–H groups in total. The van der Waals surface area contributed by atoms with Crippen LogP contribution in [0.4, 0.5) is 0 Å². The van der Waals surface area contributed by atoms with E-state index in [2.05, 4.69) is 0 Å². The average Bonchev–Trinajstić information content (AvgIpc) is 2.42. The Bertz CT molecular complexity index is 561. The highest BCUT2D eigenvalue weighted by Crippen LogP contribution is 2.23. The number of benzene rings is 2. The minimum Gasteiger partial charge on any atom is -0.494 e. The van der Waals surface area contributed by atoms with Crippen molar-refractivity contribution in [2.24, 2.45) is 0 Å². The summed E-state index contributed by atoms with van der Waals surface area (Å²) < 4.78 is 18.1. The van der Waals surface area contributed by atoms with E-state index in [1.807, 2.05) is 67.8 Å². The topological polar surface area (TPSA) is 26.3 Å². The molecule has 0 aliphatic rings. The molecule has 100 valence electrons. The molecule has 0 spiro atoms. The summed E-state index contributed by atoms with van der Waals surface area (Å²) in [4.78, 5) is 0.906. The molecule has 0 aliphatic heterocycles. The number of rotatable bonds is 5. The van der Waals surface area contributed by atoms with Crippen LogP contribution in [-0.2, 0) is 19.9 Å². The molecule has 0 amide bonds. The van der Waals surface area contributed by atoms with E-state index in [4.69, 9.17) is 4.74 Å². The summed E-state index contributed by atoms with van der Waals surface area (Å²) in [6.07, 6.45) is 1.82. The van der Waals surface area contributed by atoms with Crippen molar-refractivity contribution in [3.63, 3.8) is 0 Å². The van der Waals surface area contributed by atoms with Gasteiger partial charge >= 0.3 is 0 Å². The van der Waals surface area contributed by atoms with Gasteiger partial charge in [-0.3, -0.25) is 0 Å². The molecule has 19 heavy (non-hydrogen) atoms. The smallest absolute Gasteiger partial charge is 0.158 e. The summed E-state index contributed by atoms with van der Waals surface area (Å²) in [5.74, 6) is 1.41. The van der Waals surface area contributed by atoms with Gasteiger partial charge in [0.25, 0.3) is 0 Å². The lowest BCUT2D eigenvalue weighted by Crippen LogP contribution is -2.11. The van der Waals surface area contributed by atoms with E-state index in [0.29, 0.717) is 12.4 Å². The highest BCUT2D eigenvalue weighted by molar-refractivity contribution is 8.01. The molecule has 2 aromatic carbocycles. The van der Waals surface area contributed by atoms with Gasteiger partial charge in [0.1, 0.15) is 27.7 Å². The van der Waals surface area contributed by atoms with Crippen molar-refractivity contribution < 1.29 is 8.95 Å². The zero-order chi connectivity index (χ0) is 13.7. The molecular weight excluding hydrogens is 256 g/mol. The molecule has 0 heterocycles. The van der Waals surface area contributed by atoms with Gasteiger partial charge in [0.2, 0.25) is 0 Å². The maximum atomic E-state index is 12.7. The fraction of sp³-hybridized carbons (Fsp3) is 0.250. The highest BCUT2D eigenvalue weighted by Gasteiger charge is 2.24. The van der Waals surface area contributed by atoms with Crippen LogP contribution in [-0.4, -0.2) is 12.9 Å². The number of hydrogen-bond acceptors (Lipinski definition) is 2. The lowest BCUT2D eigenvalue weighted by atomic mass is 10.2. The molecule has 2 aromatic rings. The zero-order valence-electron chi connectivity index (χ0n) is 11.3. The fourth-order valence-electron chi connectivity index (χ4n) is 1.96. The van der Waals surface area contributed by atoms with Gasteiger partial charge in [0.15, 0.2) is 4.90 Å². The summed E-state index contributed by atoms with van der Waals surface area (Å²) in [7, 11) is -2.03. The van der Waals surface area contributed by atoms with Crippen molar-refractivity contribution in [2.75, 3.05) is 12.9 Å². The van der Waals surface area contributed by atoms with Crippen LogP contribution in [0.2, 0.25) is 0 Å². The van der Waals surface area contributed by atoms with E-state index in [1.165, 1.54) is 0 Å². The molecule has 1 atom stereocenters. The van der Waals surface area contributed by atoms with Gasteiger partial charge in [-0.15, -0.1) is 0 Å². The predicted octanol–water partition coefficient (Wildman–Crippen LogP) is 3.77. The van der Waals surface area contributed by atoms with Crippen LogP contribution in [0.3, 0.4) is 0 Å². The van der Waals surface area contributed by atoms with Gasteiger partial charge in [-0.05, 0) is 31.2 Å². The fourth-order valence-corrected chi connectivity index (χ4v) is 3.69. The van der Waals surface area contributed by atoms with Gasteiger partial charge in [-0.2, -0.15) is 0 Å². The van der Waals surface area contributed by atoms with E-state index in [-0.39, 0.29) is 0 Å². The number of hydrogen-bond donors (Lipinski definition) is 0. The first-order chi connectivity index (χ1) is 9.12. The Labute approximate surface area is 115 Å². The second-order valence-corrected chi connectivity index (χ2v) is 7.31. The third-order valence-electron chi connectivity index (χ3n) is 2.92. The lowest BCUT2D eigenvalue weighted by Gasteiger charge is -2.08. The Balaban J connectivity index is 2.14. The Kier molecular flexibility index (Phi) is 4.38. The van der Waals surface area contributed by atoms with Crippen LogP contribution in [0.15, 0.2) is 59.5 Å². The Morgan fingerprint density at radius 3 is 2.21 bits per heavy atom. The molecule has 2 rings (SSSR count). The standard InChI is InChI=1S/C16H19O2S/c1-3-18-15-11-9-14(10-12-15)13-19(2,17)16-7-5-4-6-8-16/h4-12H,3,13H2,1-2H3/q+1.